The number of rotatable bonds is 8. The Morgan fingerprint density at radius 1 is 1.09 bits per heavy atom. The predicted molar refractivity (Wildman–Crippen MR) is 174 cm³/mol. The van der Waals surface area contributed by atoms with Crippen molar-refractivity contribution in [3.8, 4) is 17.1 Å². The van der Waals surface area contributed by atoms with Gasteiger partial charge in [-0.05, 0) is 94.2 Å². The fourth-order valence-corrected chi connectivity index (χ4v) is 6.72. The summed E-state index contributed by atoms with van der Waals surface area (Å²) < 4.78 is 13.3. The summed E-state index contributed by atoms with van der Waals surface area (Å²) in [6, 6.07) is 11.8. The molecule has 2 aromatic carbocycles. The van der Waals surface area contributed by atoms with Crippen LogP contribution in [-0.2, 0) is 9.53 Å². The zero-order valence-corrected chi connectivity index (χ0v) is 27.0. The number of ether oxygens (including phenoxy) is 2. The molecule has 0 N–H and O–H groups in total. The van der Waals surface area contributed by atoms with E-state index in [4.69, 9.17) is 31.1 Å². The van der Waals surface area contributed by atoms with Crippen molar-refractivity contribution < 1.29 is 14.3 Å². The molecule has 1 aliphatic heterocycles. The van der Waals surface area contributed by atoms with Crippen molar-refractivity contribution in [1.29, 1.82) is 0 Å². The van der Waals surface area contributed by atoms with Gasteiger partial charge in [-0.15, -0.1) is 5.10 Å². The number of methoxy groups -OCH3 is 1. The highest BCUT2D eigenvalue weighted by Gasteiger charge is 2.41. The Morgan fingerprint density at radius 3 is 2.41 bits per heavy atom. The number of carbonyl (C=O) groups is 1. The Balaban J connectivity index is 1.64. The van der Waals surface area contributed by atoms with E-state index in [-0.39, 0.29) is 40.9 Å². The van der Waals surface area contributed by atoms with Gasteiger partial charge in [0.25, 0.3) is 0 Å². The topological polar surface area (TPSA) is 86.2 Å². The lowest BCUT2D eigenvalue weighted by molar-refractivity contribution is -0.150. The van der Waals surface area contributed by atoms with Crippen LogP contribution >= 0.6 is 0 Å². The van der Waals surface area contributed by atoms with Gasteiger partial charge in [-0.2, -0.15) is 0 Å². The SMILES string of the molecule is [C-]#[N+]C1=C(C(=O)OC2C(C)CC(C)CC2C)c2nc(-c3cc(C)ccc3OC)nn2/C1=N/c1ccc(N(CC)CC)cc1C. The number of anilines is 1. The van der Waals surface area contributed by atoms with E-state index < -0.39 is 5.97 Å². The van der Waals surface area contributed by atoms with Crippen molar-refractivity contribution in [3.05, 3.63) is 70.5 Å². The first kappa shape index (κ1) is 31.0. The number of fused-ring (bicyclic) bond motifs is 1. The van der Waals surface area contributed by atoms with E-state index in [0.717, 1.165) is 42.7 Å². The summed E-state index contributed by atoms with van der Waals surface area (Å²) in [4.78, 5) is 29.8. The summed E-state index contributed by atoms with van der Waals surface area (Å²) in [6.45, 7) is 24.7. The zero-order chi connectivity index (χ0) is 31.7. The van der Waals surface area contributed by atoms with Crippen LogP contribution in [0.4, 0.5) is 11.4 Å². The smallest absolute Gasteiger partial charge is 0.331 e. The Kier molecular flexibility index (Phi) is 8.91. The van der Waals surface area contributed by atoms with Gasteiger partial charge in [0.15, 0.2) is 17.5 Å². The minimum atomic E-state index is -0.565. The van der Waals surface area contributed by atoms with E-state index in [1.807, 2.05) is 44.2 Å². The maximum absolute atomic E-state index is 14.0. The van der Waals surface area contributed by atoms with Gasteiger partial charge in [-0.3, -0.25) is 0 Å². The third-order valence-electron chi connectivity index (χ3n) is 8.84. The summed E-state index contributed by atoms with van der Waals surface area (Å²) in [5.74, 6) is 1.92. The molecule has 2 aliphatic rings. The molecule has 0 bridgehead atoms. The van der Waals surface area contributed by atoms with E-state index >= 15 is 0 Å². The highest BCUT2D eigenvalue weighted by Crippen LogP contribution is 2.39. The third-order valence-corrected chi connectivity index (χ3v) is 8.84. The van der Waals surface area contributed by atoms with Crippen LogP contribution in [-0.4, -0.2) is 52.9 Å². The van der Waals surface area contributed by atoms with Crippen LogP contribution < -0.4 is 9.64 Å². The number of aryl methyl sites for hydroxylation is 2. The predicted octanol–water partition coefficient (Wildman–Crippen LogP) is 7.25. The number of nitrogens with zero attached hydrogens (tertiary/aromatic N) is 6. The summed E-state index contributed by atoms with van der Waals surface area (Å²) >= 11 is 0. The second-order valence-electron chi connectivity index (χ2n) is 12.2. The molecule has 1 fully saturated rings. The van der Waals surface area contributed by atoms with Crippen LogP contribution in [0, 0.1) is 38.2 Å². The van der Waals surface area contributed by atoms with Gasteiger partial charge < -0.3 is 14.4 Å². The van der Waals surface area contributed by atoms with Gasteiger partial charge >= 0.3 is 5.97 Å². The van der Waals surface area contributed by atoms with Crippen molar-refractivity contribution >= 4 is 28.8 Å². The van der Waals surface area contributed by atoms with E-state index in [2.05, 4.69) is 50.4 Å². The summed E-state index contributed by atoms with van der Waals surface area (Å²) in [6.07, 6.45) is 1.72. The molecule has 44 heavy (non-hydrogen) atoms. The maximum atomic E-state index is 14.0. The molecular weight excluding hydrogens is 552 g/mol. The Bertz CT molecular complexity index is 1660. The Hall–Kier alpha value is -4.45. The Labute approximate surface area is 260 Å². The fraction of sp³-hybridized carbons (Fsp3) is 0.457. The molecule has 2 atom stereocenters. The second kappa shape index (κ2) is 12.7. The highest BCUT2D eigenvalue weighted by molar-refractivity contribution is 6.29. The van der Waals surface area contributed by atoms with Crippen LogP contribution in [0.25, 0.3) is 21.8 Å². The molecule has 0 spiro atoms. The number of allylic oxidation sites excluding steroid dienone is 1. The average molecular weight is 595 g/mol. The minimum Gasteiger partial charge on any atom is -0.496 e. The Morgan fingerprint density at radius 2 is 1.80 bits per heavy atom. The monoisotopic (exact) mass is 594 g/mol. The molecule has 1 saturated carbocycles. The van der Waals surface area contributed by atoms with E-state index in [0.29, 0.717) is 28.7 Å². The first-order chi connectivity index (χ1) is 21.1. The molecule has 0 saturated heterocycles. The van der Waals surface area contributed by atoms with Crippen LogP contribution in [0.15, 0.2) is 47.1 Å². The lowest BCUT2D eigenvalue weighted by atomic mass is 9.75. The summed E-state index contributed by atoms with van der Waals surface area (Å²) in [7, 11) is 1.60. The van der Waals surface area contributed by atoms with Crippen molar-refractivity contribution in [3.63, 3.8) is 0 Å². The molecule has 1 aliphatic carbocycles. The van der Waals surface area contributed by atoms with Crippen LogP contribution in [0.5, 0.6) is 5.75 Å². The van der Waals surface area contributed by atoms with Gasteiger partial charge in [-0.25, -0.2) is 24.3 Å². The standard InChI is InChI=1S/C35H42N6O3/c1-10-40(11-2)25-13-14-27(22(5)19-25)37-34-30(36-8)29(35(42)44-31-23(6)16-21(4)17-24(31)7)33-38-32(39-41(33)34)26-18-20(3)12-15-28(26)43-9/h12-15,18-19,21,23-24,31H,10-11,16-17H2,1-7,9H3/b37-34+. The molecule has 9 heteroatoms. The van der Waals surface area contributed by atoms with Crippen LogP contribution in [0.3, 0.4) is 0 Å². The number of benzene rings is 2. The fourth-order valence-electron chi connectivity index (χ4n) is 6.72. The molecule has 230 valence electrons. The van der Waals surface area contributed by atoms with E-state index in [9.17, 15) is 4.79 Å². The lowest BCUT2D eigenvalue weighted by Gasteiger charge is -2.37. The average Bonchev–Trinajstić information content (AvgIpc) is 3.54. The molecule has 2 unspecified atom stereocenters. The van der Waals surface area contributed by atoms with Crippen molar-refractivity contribution in [2.45, 2.75) is 67.4 Å². The zero-order valence-electron chi connectivity index (χ0n) is 27.0. The minimum absolute atomic E-state index is 0.0875. The number of carbonyl (C=O) groups excluding carboxylic acids is 1. The third kappa shape index (κ3) is 5.73. The molecule has 1 aromatic heterocycles. The van der Waals surface area contributed by atoms with Gasteiger partial charge in [0, 0.05) is 18.8 Å². The van der Waals surface area contributed by atoms with E-state index in [1.165, 1.54) is 4.68 Å². The van der Waals surface area contributed by atoms with Gasteiger partial charge in [-0.1, -0.05) is 32.4 Å². The number of hydrogen-bond donors (Lipinski definition) is 0. The molecule has 2 heterocycles. The van der Waals surface area contributed by atoms with Crippen LogP contribution in [0.2, 0.25) is 0 Å². The highest BCUT2D eigenvalue weighted by atomic mass is 16.5. The van der Waals surface area contributed by atoms with Gasteiger partial charge in [0.2, 0.25) is 5.70 Å². The van der Waals surface area contributed by atoms with Crippen molar-refractivity contribution in [2.24, 2.45) is 22.7 Å². The van der Waals surface area contributed by atoms with Crippen molar-refractivity contribution in [2.75, 3.05) is 25.1 Å². The van der Waals surface area contributed by atoms with Gasteiger partial charge in [0.05, 0.1) is 24.9 Å². The normalized spacial score (nSPS) is 22.1. The van der Waals surface area contributed by atoms with Gasteiger partial charge in [0.1, 0.15) is 17.4 Å². The molecule has 0 amide bonds. The maximum Gasteiger partial charge on any atom is 0.331 e. The molecule has 5 rings (SSSR count). The van der Waals surface area contributed by atoms with Crippen molar-refractivity contribution in [1.82, 2.24) is 14.8 Å². The molecule has 0 radical (unpaired) electrons. The lowest BCUT2D eigenvalue weighted by Crippen LogP contribution is -2.37. The quantitative estimate of drug-likeness (QED) is 0.202. The van der Waals surface area contributed by atoms with Crippen LogP contribution in [0.1, 0.15) is 64.4 Å². The molecule has 9 nitrogen and oxygen atoms in total. The number of aliphatic imine (C=N–C) groups is 1. The molecule has 3 aromatic rings. The largest absolute Gasteiger partial charge is 0.496 e. The van der Waals surface area contributed by atoms with E-state index in [1.54, 1.807) is 7.11 Å². The summed E-state index contributed by atoms with van der Waals surface area (Å²) in [5, 5.41) is 4.80. The molecular formula is C35H42N6O3. The first-order valence-electron chi connectivity index (χ1n) is 15.5. The number of aromatic nitrogens is 3. The summed E-state index contributed by atoms with van der Waals surface area (Å²) in [5.41, 5.74) is 4.63. The number of esters is 1. The first-order valence-corrected chi connectivity index (χ1v) is 15.5. The number of hydrogen-bond acceptors (Lipinski definition) is 7. The second-order valence-corrected chi connectivity index (χ2v) is 12.2.